The molecule has 1 aliphatic rings. The molecule has 5 heteroatoms. The van der Waals surface area contributed by atoms with Crippen molar-refractivity contribution >= 4 is 11.7 Å². The number of carbonyl (C=O) groups is 2. The molecule has 0 saturated carbocycles. The van der Waals surface area contributed by atoms with Crippen molar-refractivity contribution < 1.29 is 14.0 Å². The summed E-state index contributed by atoms with van der Waals surface area (Å²) >= 11 is 0. The number of nitrogens with two attached hydrogens (primary N) is 1. The Morgan fingerprint density at radius 3 is 2.84 bits per heavy atom. The number of amides is 1. The molecule has 0 radical (unpaired) electrons. The van der Waals surface area contributed by atoms with E-state index in [9.17, 15) is 14.0 Å². The molecule has 1 fully saturated rings. The zero-order chi connectivity index (χ0) is 13.8. The van der Waals surface area contributed by atoms with E-state index in [1.54, 1.807) is 11.0 Å². The van der Waals surface area contributed by atoms with E-state index in [0.29, 0.717) is 18.5 Å². The van der Waals surface area contributed by atoms with Crippen LogP contribution in [0.1, 0.15) is 29.6 Å². The lowest BCUT2D eigenvalue weighted by Gasteiger charge is -2.32. The Labute approximate surface area is 111 Å². The minimum absolute atomic E-state index is 0.108. The highest BCUT2D eigenvalue weighted by Gasteiger charge is 2.28. The minimum Gasteiger partial charge on any atom is -0.368 e. The summed E-state index contributed by atoms with van der Waals surface area (Å²) in [6.07, 6.45) is 2.57. The minimum atomic E-state index is -0.434. The van der Waals surface area contributed by atoms with Gasteiger partial charge < -0.3 is 5.73 Å². The molecule has 1 atom stereocenters. The average Bonchev–Trinajstić information content (AvgIpc) is 2.39. The number of hydrogen-bond donors (Lipinski definition) is 1. The topological polar surface area (TPSA) is 63.4 Å². The molecule has 2 N–H and O–H groups in total. The standard InChI is InChI=1S/C14H17FN2O2/c15-11-5-3-4-10(8-11)13(18)9-17-7-2-1-6-12(17)14(16)19/h3-5,8,12H,1-2,6-7,9H2,(H2,16,19). The molecule has 19 heavy (non-hydrogen) atoms. The number of benzene rings is 1. The Morgan fingerprint density at radius 2 is 2.16 bits per heavy atom. The van der Waals surface area contributed by atoms with Crippen LogP contribution in [-0.4, -0.2) is 35.7 Å². The molecule has 0 bridgehead atoms. The highest BCUT2D eigenvalue weighted by atomic mass is 19.1. The summed E-state index contributed by atoms with van der Waals surface area (Å²) in [6.45, 7) is 0.783. The molecule has 1 aromatic rings. The first kappa shape index (κ1) is 13.7. The molecule has 2 rings (SSSR count). The number of ketones is 1. The summed E-state index contributed by atoms with van der Waals surface area (Å²) in [5.74, 6) is -1.02. The number of Topliss-reactive ketones (excluding diaryl/α,β-unsaturated/α-hetero) is 1. The fraction of sp³-hybridized carbons (Fsp3) is 0.429. The van der Waals surface area contributed by atoms with Crippen LogP contribution >= 0.6 is 0 Å². The first-order chi connectivity index (χ1) is 9.08. The van der Waals surface area contributed by atoms with Gasteiger partial charge in [0.2, 0.25) is 5.91 Å². The molecule has 0 spiro atoms. The van der Waals surface area contributed by atoms with Gasteiger partial charge in [0, 0.05) is 5.56 Å². The second-order valence-electron chi connectivity index (χ2n) is 4.82. The fourth-order valence-electron chi connectivity index (χ4n) is 2.44. The van der Waals surface area contributed by atoms with Crippen LogP contribution in [-0.2, 0) is 4.79 Å². The van der Waals surface area contributed by atoms with E-state index in [4.69, 9.17) is 5.73 Å². The third-order valence-electron chi connectivity index (χ3n) is 3.44. The van der Waals surface area contributed by atoms with Gasteiger partial charge >= 0.3 is 0 Å². The molecule has 0 aromatic heterocycles. The van der Waals surface area contributed by atoms with E-state index >= 15 is 0 Å². The maximum absolute atomic E-state index is 13.1. The molecule has 1 aliphatic heterocycles. The highest BCUT2D eigenvalue weighted by Crippen LogP contribution is 2.17. The van der Waals surface area contributed by atoms with Crippen molar-refractivity contribution in [2.75, 3.05) is 13.1 Å². The summed E-state index contributed by atoms with van der Waals surface area (Å²) in [7, 11) is 0. The van der Waals surface area contributed by atoms with Gasteiger partial charge in [0.1, 0.15) is 5.82 Å². The van der Waals surface area contributed by atoms with Gasteiger partial charge in [0.05, 0.1) is 12.6 Å². The molecule has 1 heterocycles. The molecule has 1 saturated heterocycles. The third-order valence-corrected chi connectivity index (χ3v) is 3.44. The normalized spacial score (nSPS) is 20.2. The third kappa shape index (κ3) is 3.38. The van der Waals surface area contributed by atoms with Gasteiger partial charge in [-0.25, -0.2) is 4.39 Å². The number of likely N-dealkylation sites (tertiary alicyclic amines) is 1. The van der Waals surface area contributed by atoms with Gasteiger partial charge in [-0.1, -0.05) is 18.6 Å². The first-order valence-electron chi connectivity index (χ1n) is 6.40. The number of halogens is 1. The smallest absolute Gasteiger partial charge is 0.234 e. The Bertz CT molecular complexity index is 490. The van der Waals surface area contributed by atoms with Crippen LogP contribution < -0.4 is 5.73 Å². The Hall–Kier alpha value is -1.75. The van der Waals surface area contributed by atoms with Crippen molar-refractivity contribution in [2.24, 2.45) is 5.73 Å². The van der Waals surface area contributed by atoms with Crippen LogP contribution in [0.25, 0.3) is 0 Å². The van der Waals surface area contributed by atoms with Crippen LogP contribution in [0.3, 0.4) is 0 Å². The predicted molar refractivity (Wildman–Crippen MR) is 69.1 cm³/mol. The Balaban J connectivity index is 2.07. The van der Waals surface area contributed by atoms with E-state index in [0.717, 1.165) is 12.8 Å². The Kier molecular flexibility index (Phi) is 4.27. The van der Waals surface area contributed by atoms with Crippen molar-refractivity contribution in [1.29, 1.82) is 0 Å². The molecule has 4 nitrogen and oxygen atoms in total. The van der Waals surface area contributed by atoms with Gasteiger partial charge in [-0.05, 0) is 31.5 Å². The second kappa shape index (κ2) is 5.93. The summed E-state index contributed by atoms with van der Waals surface area (Å²) in [4.78, 5) is 25.2. The molecule has 1 unspecified atom stereocenters. The van der Waals surface area contributed by atoms with Crippen molar-refractivity contribution in [3.8, 4) is 0 Å². The van der Waals surface area contributed by atoms with E-state index in [1.165, 1.54) is 18.2 Å². The van der Waals surface area contributed by atoms with Crippen LogP contribution in [0, 0.1) is 5.82 Å². The molecular weight excluding hydrogens is 247 g/mol. The SMILES string of the molecule is NC(=O)C1CCCCN1CC(=O)c1cccc(F)c1. The number of rotatable bonds is 4. The summed E-state index contributed by atoms with van der Waals surface area (Å²) in [6, 6.07) is 5.21. The number of piperidine rings is 1. The quantitative estimate of drug-likeness (QED) is 0.835. The van der Waals surface area contributed by atoms with Crippen molar-refractivity contribution in [1.82, 2.24) is 4.90 Å². The number of carbonyl (C=O) groups excluding carboxylic acids is 2. The predicted octanol–water partition coefficient (Wildman–Crippen LogP) is 1.35. The number of hydrogen-bond acceptors (Lipinski definition) is 3. The first-order valence-corrected chi connectivity index (χ1v) is 6.40. The van der Waals surface area contributed by atoms with E-state index in [1.807, 2.05) is 0 Å². The van der Waals surface area contributed by atoms with Crippen LogP contribution in [0.4, 0.5) is 4.39 Å². The van der Waals surface area contributed by atoms with E-state index in [-0.39, 0.29) is 18.4 Å². The fourth-order valence-corrected chi connectivity index (χ4v) is 2.44. The molecule has 1 aromatic carbocycles. The Morgan fingerprint density at radius 1 is 1.37 bits per heavy atom. The summed E-state index contributed by atoms with van der Waals surface area (Å²) in [5, 5.41) is 0. The summed E-state index contributed by atoms with van der Waals surface area (Å²) in [5.41, 5.74) is 5.67. The molecule has 102 valence electrons. The van der Waals surface area contributed by atoms with Gasteiger partial charge in [-0.2, -0.15) is 0 Å². The zero-order valence-electron chi connectivity index (χ0n) is 10.6. The number of primary amides is 1. The van der Waals surface area contributed by atoms with Gasteiger partial charge in [-0.15, -0.1) is 0 Å². The monoisotopic (exact) mass is 264 g/mol. The lowest BCUT2D eigenvalue weighted by atomic mass is 10.0. The molecule has 0 aliphatic carbocycles. The van der Waals surface area contributed by atoms with Crippen LogP contribution in [0.15, 0.2) is 24.3 Å². The van der Waals surface area contributed by atoms with Crippen LogP contribution in [0.2, 0.25) is 0 Å². The lowest BCUT2D eigenvalue weighted by molar-refractivity contribution is -0.124. The molecule has 1 amide bonds. The lowest BCUT2D eigenvalue weighted by Crippen LogP contribution is -2.49. The van der Waals surface area contributed by atoms with Gasteiger partial charge in [0.25, 0.3) is 0 Å². The van der Waals surface area contributed by atoms with E-state index in [2.05, 4.69) is 0 Å². The van der Waals surface area contributed by atoms with Crippen LogP contribution in [0.5, 0.6) is 0 Å². The van der Waals surface area contributed by atoms with Crippen molar-refractivity contribution in [3.05, 3.63) is 35.6 Å². The maximum atomic E-state index is 13.1. The van der Waals surface area contributed by atoms with Crippen molar-refractivity contribution in [2.45, 2.75) is 25.3 Å². The second-order valence-corrected chi connectivity index (χ2v) is 4.82. The average molecular weight is 264 g/mol. The van der Waals surface area contributed by atoms with Crippen molar-refractivity contribution in [3.63, 3.8) is 0 Å². The summed E-state index contributed by atoms with van der Waals surface area (Å²) < 4.78 is 13.1. The van der Waals surface area contributed by atoms with Gasteiger partial charge in [-0.3, -0.25) is 14.5 Å². The van der Waals surface area contributed by atoms with E-state index < -0.39 is 11.7 Å². The number of nitrogens with zero attached hydrogens (tertiary/aromatic N) is 1. The maximum Gasteiger partial charge on any atom is 0.234 e. The molecular formula is C14H17FN2O2. The highest BCUT2D eigenvalue weighted by molar-refractivity contribution is 5.98. The van der Waals surface area contributed by atoms with Gasteiger partial charge in [0.15, 0.2) is 5.78 Å². The largest absolute Gasteiger partial charge is 0.368 e. The zero-order valence-corrected chi connectivity index (χ0v) is 10.6.